The zero-order valence-corrected chi connectivity index (χ0v) is 15.0. The fourth-order valence-electron chi connectivity index (χ4n) is 3.62. The first-order chi connectivity index (χ1) is 12.7. The monoisotopic (exact) mass is 349 g/mol. The number of aromatic nitrogens is 4. The Morgan fingerprint density at radius 1 is 1.19 bits per heavy atom. The normalized spacial score (nSPS) is 15.5. The molecule has 6 nitrogen and oxygen atoms in total. The van der Waals surface area contributed by atoms with E-state index in [0.717, 1.165) is 48.2 Å². The van der Waals surface area contributed by atoms with Gasteiger partial charge in [-0.25, -0.2) is 0 Å². The van der Waals surface area contributed by atoms with E-state index in [0.29, 0.717) is 18.9 Å². The van der Waals surface area contributed by atoms with Crippen LogP contribution >= 0.6 is 0 Å². The van der Waals surface area contributed by atoms with Gasteiger partial charge in [-0.15, -0.1) is 0 Å². The van der Waals surface area contributed by atoms with Crippen LogP contribution in [0, 0.1) is 6.92 Å². The number of hydrogen-bond acceptors (Lipinski definition) is 4. The van der Waals surface area contributed by atoms with E-state index in [-0.39, 0.29) is 5.91 Å². The Morgan fingerprint density at radius 2 is 2.04 bits per heavy atom. The van der Waals surface area contributed by atoms with Gasteiger partial charge in [0.05, 0.1) is 5.52 Å². The molecule has 1 saturated heterocycles. The van der Waals surface area contributed by atoms with E-state index >= 15 is 0 Å². The van der Waals surface area contributed by atoms with Gasteiger partial charge in [-0.3, -0.25) is 19.4 Å². The van der Waals surface area contributed by atoms with Crippen molar-refractivity contribution in [2.24, 2.45) is 0 Å². The minimum atomic E-state index is 0.214. The van der Waals surface area contributed by atoms with Crippen LogP contribution in [-0.2, 0) is 11.3 Å². The molecule has 0 spiro atoms. The Balaban J connectivity index is 1.34. The average Bonchev–Trinajstić information content (AvgIpc) is 3.10. The van der Waals surface area contributed by atoms with Gasteiger partial charge in [-0.05, 0) is 44.0 Å². The van der Waals surface area contributed by atoms with Crippen LogP contribution in [0.3, 0.4) is 0 Å². The third kappa shape index (κ3) is 3.45. The van der Waals surface area contributed by atoms with Crippen molar-refractivity contribution in [3.8, 4) is 0 Å². The molecule has 4 heterocycles. The van der Waals surface area contributed by atoms with Crippen molar-refractivity contribution in [3.05, 3.63) is 54.2 Å². The SMILES string of the molecule is Cc1ccnn1CCC(=O)N1CCC(c2cc3ncccc3cn2)CC1. The van der Waals surface area contributed by atoms with Gasteiger partial charge in [0.25, 0.3) is 0 Å². The maximum atomic E-state index is 12.5. The Bertz CT molecular complexity index is 911. The molecule has 6 heteroatoms. The molecule has 1 aliphatic rings. The third-order valence-electron chi connectivity index (χ3n) is 5.24. The number of aryl methyl sites for hydroxylation is 2. The number of hydrogen-bond donors (Lipinski definition) is 0. The zero-order chi connectivity index (χ0) is 17.9. The molecule has 0 saturated carbocycles. The van der Waals surface area contributed by atoms with Crippen LogP contribution in [-0.4, -0.2) is 43.6 Å². The maximum Gasteiger partial charge on any atom is 0.224 e. The predicted octanol–water partition coefficient (Wildman–Crippen LogP) is 2.93. The first-order valence-electron chi connectivity index (χ1n) is 9.17. The summed E-state index contributed by atoms with van der Waals surface area (Å²) in [7, 11) is 0. The Labute approximate surface area is 152 Å². The smallest absolute Gasteiger partial charge is 0.224 e. The lowest BCUT2D eigenvalue weighted by Crippen LogP contribution is -2.38. The minimum Gasteiger partial charge on any atom is -0.343 e. The van der Waals surface area contributed by atoms with E-state index in [2.05, 4.69) is 21.1 Å². The molecular formula is C20H23N5O. The first kappa shape index (κ1) is 16.7. The molecule has 0 unspecified atom stereocenters. The number of rotatable bonds is 4. The highest BCUT2D eigenvalue weighted by Crippen LogP contribution is 2.28. The van der Waals surface area contributed by atoms with Crippen molar-refractivity contribution >= 4 is 16.8 Å². The lowest BCUT2D eigenvalue weighted by Gasteiger charge is -2.32. The van der Waals surface area contributed by atoms with Gasteiger partial charge in [-0.1, -0.05) is 0 Å². The number of pyridine rings is 2. The van der Waals surface area contributed by atoms with Crippen LogP contribution in [0.2, 0.25) is 0 Å². The molecule has 0 aliphatic carbocycles. The molecule has 26 heavy (non-hydrogen) atoms. The van der Waals surface area contributed by atoms with Crippen LogP contribution in [0.15, 0.2) is 42.9 Å². The van der Waals surface area contributed by atoms with E-state index < -0.39 is 0 Å². The number of piperidine rings is 1. The van der Waals surface area contributed by atoms with E-state index in [1.165, 1.54) is 0 Å². The number of carbonyl (C=O) groups excluding carboxylic acids is 1. The highest BCUT2D eigenvalue weighted by Gasteiger charge is 2.24. The molecular weight excluding hydrogens is 326 g/mol. The predicted molar refractivity (Wildman–Crippen MR) is 99.7 cm³/mol. The van der Waals surface area contributed by atoms with E-state index in [1.807, 2.05) is 47.1 Å². The largest absolute Gasteiger partial charge is 0.343 e. The molecule has 4 rings (SSSR count). The van der Waals surface area contributed by atoms with Crippen molar-refractivity contribution in [1.29, 1.82) is 0 Å². The lowest BCUT2D eigenvalue weighted by molar-refractivity contribution is -0.132. The fraction of sp³-hybridized carbons (Fsp3) is 0.400. The lowest BCUT2D eigenvalue weighted by atomic mass is 9.92. The highest BCUT2D eigenvalue weighted by atomic mass is 16.2. The molecule has 0 bridgehead atoms. The number of carbonyl (C=O) groups is 1. The van der Waals surface area contributed by atoms with Crippen molar-refractivity contribution in [2.45, 2.75) is 38.6 Å². The van der Waals surface area contributed by atoms with Crippen LogP contribution in [0.25, 0.3) is 10.9 Å². The topological polar surface area (TPSA) is 63.9 Å². The minimum absolute atomic E-state index is 0.214. The quantitative estimate of drug-likeness (QED) is 0.726. The first-order valence-corrected chi connectivity index (χ1v) is 9.17. The van der Waals surface area contributed by atoms with Gasteiger partial charge in [0.2, 0.25) is 5.91 Å². The molecule has 0 aromatic carbocycles. The van der Waals surface area contributed by atoms with Crippen molar-refractivity contribution in [1.82, 2.24) is 24.6 Å². The second kappa shape index (κ2) is 7.23. The molecule has 1 amide bonds. The second-order valence-corrected chi connectivity index (χ2v) is 6.91. The van der Waals surface area contributed by atoms with Gasteiger partial charge >= 0.3 is 0 Å². The second-order valence-electron chi connectivity index (χ2n) is 6.91. The number of fused-ring (bicyclic) bond motifs is 1. The summed E-state index contributed by atoms with van der Waals surface area (Å²) >= 11 is 0. The van der Waals surface area contributed by atoms with Crippen LogP contribution in [0.1, 0.15) is 36.6 Å². The Kier molecular flexibility index (Phi) is 4.65. The van der Waals surface area contributed by atoms with Crippen molar-refractivity contribution < 1.29 is 4.79 Å². The highest BCUT2D eigenvalue weighted by molar-refractivity contribution is 5.77. The molecule has 0 atom stereocenters. The molecule has 3 aromatic heterocycles. The number of likely N-dealkylation sites (tertiary alicyclic amines) is 1. The van der Waals surface area contributed by atoms with E-state index in [4.69, 9.17) is 0 Å². The molecule has 1 fully saturated rings. The summed E-state index contributed by atoms with van der Waals surface area (Å²) in [4.78, 5) is 23.5. The zero-order valence-electron chi connectivity index (χ0n) is 15.0. The summed E-state index contributed by atoms with van der Waals surface area (Å²) in [5.41, 5.74) is 3.17. The van der Waals surface area contributed by atoms with Crippen molar-refractivity contribution in [2.75, 3.05) is 13.1 Å². The molecule has 0 N–H and O–H groups in total. The summed E-state index contributed by atoms with van der Waals surface area (Å²) in [6.07, 6.45) is 7.91. The van der Waals surface area contributed by atoms with Crippen LogP contribution in [0.4, 0.5) is 0 Å². The van der Waals surface area contributed by atoms with Crippen LogP contribution in [0.5, 0.6) is 0 Å². The summed E-state index contributed by atoms with van der Waals surface area (Å²) in [6.45, 7) is 4.25. The third-order valence-corrected chi connectivity index (χ3v) is 5.24. The Morgan fingerprint density at radius 3 is 2.81 bits per heavy atom. The van der Waals surface area contributed by atoms with Gasteiger partial charge in [-0.2, -0.15) is 5.10 Å². The van der Waals surface area contributed by atoms with Gasteiger partial charge < -0.3 is 4.90 Å². The summed E-state index contributed by atoms with van der Waals surface area (Å²) in [5.74, 6) is 0.616. The Hall–Kier alpha value is -2.76. The summed E-state index contributed by atoms with van der Waals surface area (Å²) < 4.78 is 1.89. The number of nitrogens with zero attached hydrogens (tertiary/aromatic N) is 5. The fourth-order valence-corrected chi connectivity index (χ4v) is 3.62. The van der Waals surface area contributed by atoms with E-state index in [9.17, 15) is 4.79 Å². The van der Waals surface area contributed by atoms with Gasteiger partial charge in [0, 0.05) is 67.3 Å². The van der Waals surface area contributed by atoms with Crippen molar-refractivity contribution in [3.63, 3.8) is 0 Å². The van der Waals surface area contributed by atoms with E-state index in [1.54, 1.807) is 6.20 Å². The standard InChI is InChI=1S/C20H23N5O/c1-15-4-9-23-25(15)12-7-20(26)24-10-5-16(6-11-24)18-13-19-17(14-22-18)3-2-8-21-19/h2-4,8-9,13-14,16H,5-7,10-12H2,1H3. The van der Waals surface area contributed by atoms with Crippen LogP contribution < -0.4 is 0 Å². The summed E-state index contributed by atoms with van der Waals surface area (Å²) in [6, 6.07) is 8.01. The van der Waals surface area contributed by atoms with Gasteiger partial charge in [0.1, 0.15) is 0 Å². The molecule has 0 radical (unpaired) electrons. The number of amides is 1. The maximum absolute atomic E-state index is 12.5. The molecule has 3 aromatic rings. The summed E-state index contributed by atoms with van der Waals surface area (Å²) in [5, 5.41) is 5.31. The molecule has 134 valence electrons. The average molecular weight is 349 g/mol. The van der Waals surface area contributed by atoms with Gasteiger partial charge in [0.15, 0.2) is 0 Å². The molecule has 1 aliphatic heterocycles.